The van der Waals surface area contributed by atoms with E-state index >= 15 is 0 Å². The van der Waals surface area contributed by atoms with E-state index in [1.807, 2.05) is 6.20 Å². The lowest BCUT2D eigenvalue weighted by Gasteiger charge is -2.31. The highest BCUT2D eigenvalue weighted by atomic mass is 15.1. The quantitative estimate of drug-likeness (QED) is 0.788. The SMILES string of the molecule is Cc1cc(CN(C)Cc2cnccn2)c(C)c(CN2CCCC(C)C2)c1. The highest BCUT2D eigenvalue weighted by Crippen LogP contribution is 2.23. The molecule has 2 heterocycles. The molecule has 1 aromatic carbocycles. The molecule has 0 N–H and O–H groups in total. The highest BCUT2D eigenvalue weighted by Gasteiger charge is 2.18. The molecule has 1 atom stereocenters. The van der Waals surface area contributed by atoms with E-state index < -0.39 is 0 Å². The van der Waals surface area contributed by atoms with Crippen LogP contribution in [0.25, 0.3) is 0 Å². The Labute approximate surface area is 158 Å². The van der Waals surface area contributed by atoms with Gasteiger partial charge in [0, 0.05) is 44.8 Å². The number of aryl methyl sites for hydroxylation is 1. The predicted molar refractivity (Wildman–Crippen MR) is 107 cm³/mol. The van der Waals surface area contributed by atoms with Gasteiger partial charge in [-0.25, -0.2) is 0 Å². The van der Waals surface area contributed by atoms with E-state index in [1.165, 1.54) is 48.2 Å². The molecule has 140 valence electrons. The molecule has 1 saturated heterocycles. The number of rotatable bonds is 6. The fourth-order valence-electron chi connectivity index (χ4n) is 4.05. The third-order valence-electron chi connectivity index (χ3n) is 5.39. The van der Waals surface area contributed by atoms with Crippen LogP contribution in [0.1, 0.15) is 47.7 Å². The first kappa shape index (κ1) is 19.0. The fraction of sp³-hybridized carbons (Fsp3) is 0.545. The van der Waals surface area contributed by atoms with Crippen LogP contribution < -0.4 is 0 Å². The number of piperidine rings is 1. The maximum absolute atomic E-state index is 4.39. The van der Waals surface area contributed by atoms with Crippen LogP contribution in [-0.4, -0.2) is 39.9 Å². The van der Waals surface area contributed by atoms with E-state index in [0.717, 1.165) is 31.2 Å². The smallest absolute Gasteiger partial charge is 0.0726 e. The average molecular weight is 353 g/mol. The molecular weight excluding hydrogens is 320 g/mol. The van der Waals surface area contributed by atoms with E-state index in [4.69, 9.17) is 0 Å². The standard InChI is InChI=1S/C22H32N4/c1-17-6-5-9-26(13-17)15-21-11-18(2)10-20(19(21)3)14-25(4)16-22-12-23-7-8-24-22/h7-8,10-12,17H,5-6,9,13-16H2,1-4H3. The van der Waals surface area contributed by atoms with Crippen molar-refractivity contribution in [2.24, 2.45) is 5.92 Å². The van der Waals surface area contributed by atoms with E-state index in [2.05, 4.69) is 59.7 Å². The summed E-state index contributed by atoms with van der Waals surface area (Å²) in [4.78, 5) is 13.5. The zero-order valence-electron chi connectivity index (χ0n) is 16.7. The molecule has 4 heteroatoms. The van der Waals surface area contributed by atoms with Crippen LogP contribution in [-0.2, 0) is 19.6 Å². The Balaban J connectivity index is 1.70. The molecule has 4 nitrogen and oxygen atoms in total. The Morgan fingerprint density at radius 1 is 1.15 bits per heavy atom. The van der Waals surface area contributed by atoms with Crippen molar-refractivity contribution in [3.05, 3.63) is 58.7 Å². The van der Waals surface area contributed by atoms with Crippen molar-refractivity contribution < 1.29 is 0 Å². The Morgan fingerprint density at radius 3 is 2.69 bits per heavy atom. The first-order valence-corrected chi connectivity index (χ1v) is 9.76. The molecule has 1 fully saturated rings. The van der Waals surface area contributed by atoms with Crippen LogP contribution in [0.3, 0.4) is 0 Å². The van der Waals surface area contributed by atoms with E-state index in [1.54, 1.807) is 12.4 Å². The van der Waals surface area contributed by atoms with Gasteiger partial charge in [-0.2, -0.15) is 0 Å². The Bertz CT molecular complexity index is 714. The molecule has 2 aromatic rings. The number of likely N-dealkylation sites (tertiary alicyclic amines) is 1. The van der Waals surface area contributed by atoms with Crippen molar-refractivity contribution in [3.63, 3.8) is 0 Å². The van der Waals surface area contributed by atoms with Gasteiger partial charge in [-0.05, 0) is 62.9 Å². The maximum atomic E-state index is 4.39. The predicted octanol–water partition coefficient (Wildman–Crippen LogP) is 3.96. The number of benzene rings is 1. The number of hydrogen-bond donors (Lipinski definition) is 0. The van der Waals surface area contributed by atoms with Crippen LogP contribution in [0, 0.1) is 19.8 Å². The number of hydrogen-bond acceptors (Lipinski definition) is 4. The molecule has 0 saturated carbocycles. The summed E-state index contributed by atoms with van der Waals surface area (Å²) < 4.78 is 0. The second-order valence-electron chi connectivity index (χ2n) is 8.06. The van der Waals surface area contributed by atoms with Gasteiger partial charge in [0.1, 0.15) is 0 Å². The Hall–Kier alpha value is -1.78. The lowest BCUT2D eigenvalue weighted by molar-refractivity contribution is 0.176. The van der Waals surface area contributed by atoms with Gasteiger partial charge in [-0.1, -0.05) is 24.6 Å². The molecule has 1 unspecified atom stereocenters. The molecular formula is C22H32N4. The molecule has 3 rings (SSSR count). The molecule has 1 aliphatic rings. The van der Waals surface area contributed by atoms with Gasteiger partial charge in [0.25, 0.3) is 0 Å². The summed E-state index contributed by atoms with van der Waals surface area (Å²) in [6.07, 6.45) is 8.05. The zero-order valence-corrected chi connectivity index (χ0v) is 16.7. The summed E-state index contributed by atoms with van der Waals surface area (Å²) in [7, 11) is 2.16. The maximum Gasteiger partial charge on any atom is 0.0726 e. The van der Waals surface area contributed by atoms with E-state index in [-0.39, 0.29) is 0 Å². The van der Waals surface area contributed by atoms with Gasteiger partial charge in [0.05, 0.1) is 5.69 Å². The largest absolute Gasteiger partial charge is 0.299 e. The first-order valence-electron chi connectivity index (χ1n) is 9.76. The molecule has 0 aliphatic carbocycles. The van der Waals surface area contributed by atoms with Gasteiger partial charge >= 0.3 is 0 Å². The van der Waals surface area contributed by atoms with Crippen LogP contribution in [0.2, 0.25) is 0 Å². The summed E-state index contributed by atoms with van der Waals surface area (Å²) in [6, 6.07) is 4.71. The third-order valence-corrected chi connectivity index (χ3v) is 5.39. The molecule has 0 radical (unpaired) electrons. The van der Waals surface area contributed by atoms with Crippen molar-refractivity contribution in [1.29, 1.82) is 0 Å². The van der Waals surface area contributed by atoms with Crippen molar-refractivity contribution in [1.82, 2.24) is 19.8 Å². The minimum Gasteiger partial charge on any atom is -0.299 e. The van der Waals surface area contributed by atoms with Crippen LogP contribution in [0.15, 0.2) is 30.7 Å². The van der Waals surface area contributed by atoms with Crippen molar-refractivity contribution in [3.8, 4) is 0 Å². The Morgan fingerprint density at radius 2 is 1.96 bits per heavy atom. The summed E-state index contributed by atoms with van der Waals surface area (Å²) in [6.45, 7) is 12.2. The van der Waals surface area contributed by atoms with Crippen LogP contribution in [0.4, 0.5) is 0 Å². The van der Waals surface area contributed by atoms with Gasteiger partial charge in [0.15, 0.2) is 0 Å². The van der Waals surface area contributed by atoms with Crippen LogP contribution in [0.5, 0.6) is 0 Å². The minimum absolute atomic E-state index is 0.820. The van der Waals surface area contributed by atoms with Gasteiger partial charge in [-0.15, -0.1) is 0 Å². The number of nitrogens with zero attached hydrogens (tertiary/aromatic N) is 4. The lowest BCUT2D eigenvalue weighted by Crippen LogP contribution is -2.34. The lowest BCUT2D eigenvalue weighted by atomic mass is 9.96. The second kappa shape index (κ2) is 8.74. The van der Waals surface area contributed by atoms with Gasteiger partial charge in [-0.3, -0.25) is 19.8 Å². The van der Waals surface area contributed by atoms with Gasteiger partial charge < -0.3 is 0 Å². The third kappa shape index (κ3) is 5.12. The summed E-state index contributed by atoms with van der Waals surface area (Å²) in [5.74, 6) is 0.825. The first-order chi connectivity index (χ1) is 12.5. The summed E-state index contributed by atoms with van der Waals surface area (Å²) in [5.41, 5.74) is 6.74. The minimum atomic E-state index is 0.820. The van der Waals surface area contributed by atoms with Crippen molar-refractivity contribution in [2.45, 2.75) is 53.2 Å². The summed E-state index contributed by atoms with van der Waals surface area (Å²) in [5, 5.41) is 0. The normalized spacial score (nSPS) is 18.4. The fourth-order valence-corrected chi connectivity index (χ4v) is 4.05. The number of aromatic nitrogens is 2. The van der Waals surface area contributed by atoms with E-state index in [9.17, 15) is 0 Å². The monoisotopic (exact) mass is 352 g/mol. The summed E-state index contributed by atoms with van der Waals surface area (Å²) >= 11 is 0. The highest BCUT2D eigenvalue weighted by molar-refractivity contribution is 5.38. The molecule has 0 amide bonds. The topological polar surface area (TPSA) is 32.3 Å². The van der Waals surface area contributed by atoms with Gasteiger partial charge in [0.2, 0.25) is 0 Å². The van der Waals surface area contributed by atoms with E-state index in [0.29, 0.717) is 0 Å². The Kier molecular flexibility index (Phi) is 6.38. The molecule has 1 aliphatic heterocycles. The molecule has 0 spiro atoms. The average Bonchev–Trinajstić information content (AvgIpc) is 2.60. The molecule has 26 heavy (non-hydrogen) atoms. The zero-order chi connectivity index (χ0) is 18.5. The van der Waals surface area contributed by atoms with Crippen molar-refractivity contribution in [2.75, 3.05) is 20.1 Å². The molecule has 1 aromatic heterocycles. The second-order valence-corrected chi connectivity index (χ2v) is 8.06. The van der Waals surface area contributed by atoms with Crippen molar-refractivity contribution >= 4 is 0 Å². The van der Waals surface area contributed by atoms with Crippen LogP contribution >= 0.6 is 0 Å². The molecule has 0 bridgehead atoms.